The Morgan fingerprint density at radius 2 is 2.05 bits per heavy atom. The predicted molar refractivity (Wildman–Crippen MR) is 91.1 cm³/mol. The third-order valence-corrected chi connectivity index (χ3v) is 4.72. The smallest absolute Gasteiger partial charge is 0.348 e. The van der Waals surface area contributed by atoms with Crippen molar-refractivity contribution >= 4 is 39.5 Å². The highest BCUT2D eigenvalue weighted by atomic mass is 32.1. The van der Waals surface area contributed by atoms with Gasteiger partial charge in [0, 0.05) is 17.1 Å². The van der Waals surface area contributed by atoms with Gasteiger partial charge in [0.1, 0.15) is 4.88 Å². The van der Waals surface area contributed by atoms with Gasteiger partial charge in [-0.25, -0.2) is 4.79 Å². The van der Waals surface area contributed by atoms with Gasteiger partial charge in [0.15, 0.2) is 0 Å². The van der Waals surface area contributed by atoms with Gasteiger partial charge in [-0.05, 0) is 41.1 Å². The molecule has 0 bridgehead atoms. The molecule has 0 unspecified atom stereocenters. The minimum absolute atomic E-state index is 0.272. The van der Waals surface area contributed by atoms with Crippen molar-refractivity contribution in [2.24, 2.45) is 0 Å². The molecular formula is C18H15NO2S. The van der Waals surface area contributed by atoms with Crippen molar-refractivity contribution in [3.63, 3.8) is 0 Å². The van der Waals surface area contributed by atoms with E-state index in [0.29, 0.717) is 4.88 Å². The van der Waals surface area contributed by atoms with E-state index < -0.39 is 0 Å². The van der Waals surface area contributed by atoms with Crippen LogP contribution < -0.4 is 0 Å². The minimum atomic E-state index is -0.272. The zero-order valence-electron chi connectivity index (χ0n) is 12.4. The maximum Gasteiger partial charge on any atom is 0.348 e. The zero-order valence-corrected chi connectivity index (χ0v) is 13.2. The fourth-order valence-corrected chi connectivity index (χ4v) is 3.48. The molecule has 0 saturated carbocycles. The fraction of sp³-hybridized carbons (Fsp3) is 0.111. The molecule has 0 aliphatic rings. The quantitative estimate of drug-likeness (QED) is 0.666. The summed E-state index contributed by atoms with van der Waals surface area (Å²) in [6.45, 7) is 1.95. The Kier molecular flexibility index (Phi) is 4.02. The topological polar surface area (TPSA) is 39.2 Å². The van der Waals surface area contributed by atoms with Crippen molar-refractivity contribution in [1.29, 1.82) is 0 Å². The number of carbonyl (C=O) groups excluding carboxylic acids is 1. The molecule has 2 aromatic heterocycles. The van der Waals surface area contributed by atoms with Gasteiger partial charge in [-0.1, -0.05) is 30.4 Å². The molecule has 0 radical (unpaired) electrons. The summed E-state index contributed by atoms with van der Waals surface area (Å²) in [5.74, 6) is -0.272. The van der Waals surface area contributed by atoms with E-state index in [1.54, 1.807) is 6.20 Å². The molecule has 0 amide bonds. The molecule has 0 saturated heterocycles. The molecule has 0 aliphatic carbocycles. The lowest BCUT2D eigenvalue weighted by atomic mass is 10.1. The first kappa shape index (κ1) is 14.5. The first-order chi connectivity index (χ1) is 10.7. The normalized spacial score (nSPS) is 11.2. The van der Waals surface area contributed by atoms with Crippen LogP contribution in [0.1, 0.15) is 26.4 Å². The van der Waals surface area contributed by atoms with E-state index in [-0.39, 0.29) is 5.97 Å². The fourth-order valence-electron chi connectivity index (χ4n) is 2.30. The van der Waals surface area contributed by atoms with E-state index in [0.717, 1.165) is 26.8 Å². The molecule has 3 rings (SSSR count). The van der Waals surface area contributed by atoms with Crippen molar-refractivity contribution in [2.75, 3.05) is 7.11 Å². The van der Waals surface area contributed by atoms with Crippen molar-refractivity contribution in [3.8, 4) is 0 Å². The number of aromatic nitrogens is 1. The number of rotatable bonds is 3. The summed E-state index contributed by atoms with van der Waals surface area (Å²) in [6, 6.07) is 10.1. The van der Waals surface area contributed by atoms with Crippen LogP contribution >= 0.6 is 11.3 Å². The molecule has 0 atom stereocenters. The Bertz CT molecular complexity index is 850. The second-order valence-corrected chi connectivity index (χ2v) is 5.98. The summed E-state index contributed by atoms with van der Waals surface area (Å²) in [5, 5.41) is 1.10. The van der Waals surface area contributed by atoms with E-state index in [4.69, 9.17) is 4.74 Å². The average molecular weight is 309 g/mol. The molecule has 4 heteroatoms. The van der Waals surface area contributed by atoms with Crippen LogP contribution in [-0.4, -0.2) is 18.1 Å². The summed E-state index contributed by atoms with van der Waals surface area (Å²) in [4.78, 5) is 16.5. The number of fused-ring (bicyclic) bond motifs is 1. The molecule has 110 valence electrons. The third-order valence-electron chi connectivity index (χ3n) is 3.49. The standard InChI is InChI=1S/C18H15NO2S/c1-12-15-8-7-13(5-6-14-4-3-9-19-11-14)10-16(15)22-17(12)18(20)21-2/h3-11H,1-2H3/b6-5+. The number of hydrogen-bond donors (Lipinski definition) is 0. The minimum Gasteiger partial charge on any atom is -0.465 e. The van der Waals surface area contributed by atoms with E-state index in [1.807, 2.05) is 37.4 Å². The van der Waals surface area contributed by atoms with Crippen LogP contribution in [-0.2, 0) is 4.74 Å². The van der Waals surface area contributed by atoms with Crippen molar-refractivity contribution < 1.29 is 9.53 Å². The first-order valence-corrected chi connectivity index (χ1v) is 7.70. The summed E-state index contributed by atoms with van der Waals surface area (Å²) < 4.78 is 5.92. The maximum atomic E-state index is 11.8. The monoisotopic (exact) mass is 309 g/mol. The molecule has 0 fully saturated rings. The summed E-state index contributed by atoms with van der Waals surface area (Å²) in [5.41, 5.74) is 3.13. The number of nitrogens with zero attached hydrogens (tertiary/aromatic N) is 1. The number of thiophene rings is 1. The maximum absolute atomic E-state index is 11.8. The lowest BCUT2D eigenvalue weighted by Crippen LogP contribution is -1.99. The zero-order chi connectivity index (χ0) is 15.5. The summed E-state index contributed by atoms with van der Waals surface area (Å²) >= 11 is 1.47. The largest absolute Gasteiger partial charge is 0.465 e. The van der Waals surface area contributed by atoms with Crippen LogP contribution in [0.15, 0.2) is 42.7 Å². The van der Waals surface area contributed by atoms with Gasteiger partial charge in [0.25, 0.3) is 0 Å². The van der Waals surface area contributed by atoms with Gasteiger partial charge in [-0.15, -0.1) is 11.3 Å². The van der Waals surface area contributed by atoms with Gasteiger partial charge in [0.2, 0.25) is 0 Å². The molecular weight excluding hydrogens is 294 g/mol. The molecule has 0 aliphatic heterocycles. The number of carbonyl (C=O) groups is 1. The number of methoxy groups -OCH3 is 1. The highest BCUT2D eigenvalue weighted by Crippen LogP contribution is 2.32. The number of pyridine rings is 1. The number of esters is 1. The third kappa shape index (κ3) is 2.78. The first-order valence-electron chi connectivity index (χ1n) is 6.88. The average Bonchev–Trinajstić information content (AvgIpc) is 2.89. The van der Waals surface area contributed by atoms with Gasteiger partial charge in [0.05, 0.1) is 7.11 Å². The SMILES string of the molecule is COC(=O)c1sc2cc(/C=C/c3cccnc3)ccc2c1C. The Balaban J connectivity index is 1.96. The van der Waals surface area contributed by atoms with Gasteiger partial charge in [-0.2, -0.15) is 0 Å². The lowest BCUT2D eigenvalue weighted by Gasteiger charge is -1.97. The van der Waals surface area contributed by atoms with Crippen molar-refractivity contribution in [1.82, 2.24) is 4.98 Å². The van der Waals surface area contributed by atoms with E-state index >= 15 is 0 Å². The Morgan fingerprint density at radius 1 is 1.23 bits per heavy atom. The number of aryl methyl sites for hydroxylation is 1. The number of benzene rings is 1. The van der Waals surface area contributed by atoms with Gasteiger partial charge in [-0.3, -0.25) is 4.98 Å². The highest BCUT2D eigenvalue weighted by molar-refractivity contribution is 7.21. The predicted octanol–water partition coefficient (Wildman–Crippen LogP) is 4.56. The number of ether oxygens (including phenoxy) is 1. The Morgan fingerprint density at radius 3 is 2.77 bits per heavy atom. The summed E-state index contributed by atoms with van der Waals surface area (Å²) in [6.07, 6.45) is 7.64. The van der Waals surface area contributed by atoms with Gasteiger partial charge >= 0.3 is 5.97 Å². The van der Waals surface area contributed by atoms with E-state index in [2.05, 4.69) is 23.2 Å². The molecule has 2 heterocycles. The van der Waals surface area contributed by atoms with Crippen LogP contribution in [0, 0.1) is 6.92 Å². The Labute approximate surface area is 132 Å². The lowest BCUT2D eigenvalue weighted by molar-refractivity contribution is 0.0605. The van der Waals surface area contributed by atoms with Crippen LogP contribution in [0.4, 0.5) is 0 Å². The van der Waals surface area contributed by atoms with E-state index in [1.165, 1.54) is 18.4 Å². The molecule has 1 aromatic carbocycles. The molecule has 0 N–H and O–H groups in total. The van der Waals surface area contributed by atoms with Crippen molar-refractivity contribution in [3.05, 3.63) is 64.3 Å². The summed E-state index contributed by atoms with van der Waals surface area (Å²) in [7, 11) is 1.41. The molecule has 22 heavy (non-hydrogen) atoms. The molecule has 3 aromatic rings. The number of hydrogen-bond acceptors (Lipinski definition) is 4. The van der Waals surface area contributed by atoms with Gasteiger partial charge < -0.3 is 4.74 Å². The van der Waals surface area contributed by atoms with Crippen LogP contribution in [0.2, 0.25) is 0 Å². The van der Waals surface area contributed by atoms with E-state index in [9.17, 15) is 4.79 Å². The van der Waals surface area contributed by atoms with Crippen LogP contribution in [0.25, 0.3) is 22.2 Å². The van der Waals surface area contributed by atoms with Crippen LogP contribution in [0.3, 0.4) is 0 Å². The Hall–Kier alpha value is -2.46. The second kappa shape index (κ2) is 6.12. The second-order valence-electron chi connectivity index (χ2n) is 4.92. The molecule has 3 nitrogen and oxygen atoms in total. The van der Waals surface area contributed by atoms with Crippen LogP contribution in [0.5, 0.6) is 0 Å². The highest BCUT2D eigenvalue weighted by Gasteiger charge is 2.15. The molecule has 0 spiro atoms. The van der Waals surface area contributed by atoms with Crippen molar-refractivity contribution in [2.45, 2.75) is 6.92 Å².